The highest BCUT2D eigenvalue weighted by Gasteiger charge is 2.15. The monoisotopic (exact) mass is 340 g/mol. The van der Waals surface area contributed by atoms with Crippen molar-refractivity contribution in [3.63, 3.8) is 0 Å². The Morgan fingerprint density at radius 1 is 1.00 bits per heavy atom. The molecule has 2 rings (SSSR count). The van der Waals surface area contributed by atoms with Gasteiger partial charge in [0.05, 0.1) is 4.83 Å². The molecule has 1 atom stereocenters. The van der Waals surface area contributed by atoms with Crippen LogP contribution in [0.1, 0.15) is 32.6 Å². The van der Waals surface area contributed by atoms with Gasteiger partial charge < -0.3 is 0 Å². The Balaban J connectivity index is 2.46. The van der Waals surface area contributed by atoms with Crippen LogP contribution in [-0.2, 0) is 0 Å². The quantitative estimate of drug-likeness (QED) is 0.598. The summed E-state index contributed by atoms with van der Waals surface area (Å²) < 4.78 is 13.3. The molecule has 0 aromatic heterocycles. The first-order valence-corrected chi connectivity index (χ1v) is 7.36. The first-order chi connectivity index (χ1) is 8.90. The van der Waals surface area contributed by atoms with Crippen LogP contribution in [0.25, 0.3) is 0 Å². The first kappa shape index (κ1) is 14.5. The van der Waals surface area contributed by atoms with Crippen LogP contribution in [0.5, 0.6) is 0 Å². The fraction of sp³-hybridized carbons (Fsp3) is 0.250. The Hall–Kier alpha value is -0.860. The van der Waals surface area contributed by atoms with Gasteiger partial charge in [0.15, 0.2) is 0 Å². The van der Waals surface area contributed by atoms with Crippen molar-refractivity contribution in [2.45, 2.75) is 25.6 Å². The van der Waals surface area contributed by atoms with Crippen molar-refractivity contribution in [3.05, 3.63) is 69.0 Å². The second-order valence-electron chi connectivity index (χ2n) is 4.83. The van der Waals surface area contributed by atoms with E-state index in [9.17, 15) is 4.39 Å². The van der Waals surface area contributed by atoms with Gasteiger partial charge in [-0.15, -0.1) is 0 Å². The van der Waals surface area contributed by atoms with Gasteiger partial charge in [-0.3, -0.25) is 0 Å². The number of benzene rings is 2. The molecule has 100 valence electrons. The van der Waals surface area contributed by atoms with Crippen LogP contribution in [0.2, 0.25) is 5.02 Å². The third-order valence-corrected chi connectivity index (χ3v) is 4.71. The lowest BCUT2D eigenvalue weighted by Crippen LogP contribution is -1.97. The van der Waals surface area contributed by atoms with Gasteiger partial charge in [0.2, 0.25) is 0 Å². The zero-order valence-corrected chi connectivity index (χ0v) is 13.4. The number of rotatable bonds is 2. The first-order valence-electron chi connectivity index (χ1n) is 6.07. The number of hydrogen-bond donors (Lipinski definition) is 0. The summed E-state index contributed by atoms with van der Waals surface area (Å²) in [5.74, 6) is -0.186. The molecule has 0 N–H and O–H groups in total. The predicted octanol–water partition coefficient (Wildman–Crippen LogP) is 5.89. The SMILES string of the molecule is Cc1cc(Cl)c(C(Br)c2ccc(F)c(C)c2)cc1C. The Morgan fingerprint density at radius 2 is 1.63 bits per heavy atom. The van der Waals surface area contributed by atoms with Crippen LogP contribution >= 0.6 is 27.5 Å². The summed E-state index contributed by atoms with van der Waals surface area (Å²) in [6.07, 6.45) is 0. The number of alkyl halides is 1. The minimum atomic E-state index is -0.186. The second-order valence-corrected chi connectivity index (χ2v) is 6.15. The van der Waals surface area contributed by atoms with E-state index in [1.807, 2.05) is 19.1 Å². The fourth-order valence-electron chi connectivity index (χ4n) is 2.00. The Morgan fingerprint density at radius 3 is 2.26 bits per heavy atom. The second kappa shape index (κ2) is 5.64. The third-order valence-electron chi connectivity index (χ3n) is 3.36. The minimum absolute atomic E-state index is 0.0291. The lowest BCUT2D eigenvalue weighted by molar-refractivity contribution is 0.618. The molecule has 0 spiro atoms. The molecule has 0 nitrogen and oxygen atoms in total. The van der Waals surface area contributed by atoms with E-state index in [0.717, 1.165) is 16.1 Å². The van der Waals surface area contributed by atoms with E-state index in [0.29, 0.717) is 5.56 Å². The lowest BCUT2D eigenvalue weighted by Gasteiger charge is -2.15. The van der Waals surface area contributed by atoms with E-state index in [-0.39, 0.29) is 10.6 Å². The predicted molar refractivity (Wildman–Crippen MR) is 82.8 cm³/mol. The van der Waals surface area contributed by atoms with Crippen LogP contribution in [-0.4, -0.2) is 0 Å². The molecular weight excluding hydrogens is 327 g/mol. The molecule has 0 bridgehead atoms. The maximum Gasteiger partial charge on any atom is 0.126 e. The van der Waals surface area contributed by atoms with Gasteiger partial charge in [0.1, 0.15) is 5.82 Å². The molecule has 2 aromatic carbocycles. The van der Waals surface area contributed by atoms with Crippen molar-refractivity contribution in [2.75, 3.05) is 0 Å². The van der Waals surface area contributed by atoms with Crippen LogP contribution < -0.4 is 0 Å². The van der Waals surface area contributed by atoms with Crippen molar-refractivity contribution in [1.82, 2.24) is 0 Å². The number of aryl methyl sites for hydroxylation is 3. The van der Waals surface area contributed by atoms with Crippen molar-refractivity contribution in [1.29, 1.82) is 0 Å². The van der Waals surface area contributed by atoms with Crippen molar-refractivity contribution in [3.8, 4) is 0 Å². The van der Waals surface area contributed by atoms with Gasteiger partial charge in [-0.2, -0.15) is 0 Å². The molecule has 3 heteroatoms. The third kappa shape index (κ3) is 3.01. The largest absolute Gasteiger partial charge is 0.207 e. The van der Waals surface area contributed by atoms with Gasteiger partial charge >= 0.3 is 0 Å². The Bertz CT molecular complexity index is 622. The molecule has 2 aromatic rings. The average Bonchev–Trinajstić information content (AvgIpc) is 2.36. The van der Waals surface area contributed by atoms with Crippen LogP contribution in [0.3, 0.4) is 0 Å². The van der Waals surface area contributed by atoms with Crippen LogP contribution in [0.4, 0.5) is 4.39 Å². The molecule has 0 aliphatic rings. The Kier molecular flexibility index (Phi) is 4.32. The van der Waals surface area contributed by atoms with E-state index in [1.54, 1.807) is 13.0 Å². The van der Waals surface area contributed by atoms with Gasteiger partial charge in [0, 0.05) is 5.02 Å². The fourth-order valence-corrected chi connectivity index (χ4v) is 3.13. The standard InChI is InChI=1S/C16H15BrClF/c1-9-7-13(14(18)8-10(9)2)16(17)12-4-5-15(19)11(3)6-12/h4-8,16H,1-3H3. The molecule has 0 radical (unpaired) electrons. The molecule has 1 unspecified atom stereocenters. The molecule has 0 heterocycles. The summed E-state index contributed by atoms with van der Waals surface area (Å²) in [6.45, 7) is 5.86. The number of halogens is 3. The zero-order valence-electron chi connectivity index (χ0n) is 11.1. The highest BCUT2D eigenvalue weighted by molar-refractivity contribution is 9.09. The molecule has 0 fully saturated rings. The van der Waals surface area contributed by atoms with E-state index in [1.165, 1.54) is 17.2 Å². The maximum atomic E-state index is 13.3. The van der Waals surface area contributed by atoms with Gasteiger partial charge in [-0.1, -0.05) is 45.7 Å². The molecule has 19 heavy (non-hydrogen) atoms. The van der Waals surface area contributed by atoms with Gasteiger partial charge in [-0.25, -0.2) is 4.39 Å². The molecular formula is C16H15BrClF. The highest BCUT2D eigenvalue weighted by atomic mass is 79.9. The summed E-state index contributed by atoms with van der Waals surface area (Å²) in [6, 6.07) is 9.17. The normalized spacial score (nSPS) is 12.5. The molecule has 0 saturated carbocycles. The summed E-state index contributed by atoms with van der Waals surface area (Å²) in [5.41, 5.74) is 5.02. The molecule has 0 aliphatic carbocycles. The lowest BCUT2D eigenvalue weighted by atomic mass is 9.99. The maximum absolute atomic E-state index is 13.3. The number of hydrogen-bond acceptors (Lipinski definition) is 0. The van der Waals surface area contributed by atoms with Gasteiger partial charge in [-0.05, 0) is 60.7 Å². The Labute approximate surface area is 126 Å². The average molecular weight is 342 g/mol. The van der Waals surface area contributed by atoms with E-state index < -0.39 is 0 Å². The highest BCUT2D eigenvalue weighted by Crippen LogP contribution is 2.37. The van der Waals surface area contributed by atoms with E-state index in [2.05, 4.69) is 28.9 Å². The van der Waals surface area contributed by atoms with Gasteiger partial charge in [0.25, 0.3) is 0 Å². The van der Waals surface area contributed by atoms with Crippen molar-refractivity contribution in [2.24, 2.45) is 0 Å². The molecule has 0 amide bonds. The van der Waals surface area contributed by atoms with Crippen LogP contribution in [0.15, 0.2) is 30.3 Å². The van der Waals surface area contributed by atoms with Crippen molar-refractivity contribution >= 4 is 27.5 Å². The smallest absolute Gasteiger partial charge is 0.126 e. The van der Waals surface area contributed by atoms with Crippen LogP contribution in [0, 0.1) is 26.6 Å². The van der Waals surface area contributed by atoms with E-state index >= 15 is 0 Å². The van der Waals surface area contributed by atoms with E-state index in [4.69, 9.17) is 11.6 Å². The minimum Gasteiger partial charge on any atom is -0.207 e. The molecule has 0 aliphatic heterocycles. The summed E-state index contributed by atoms with van der Waals surface area (Å²) in [4.78, 5) is -0.0291. The summed E-state index contributed by atoms with van der Waals surface area (Å²) >= 11 is 9.97. The molecule has 0 saturated heterocycles. The van der Waals surface area contributed by atoms with Crippen molar-refractivity contribution < 1.29 is 4.39 Å². The summed E-state index contributed by atoms with van der Waals surface area (Å²) in [5, 5.41) is 0.729. The zero-order chi connectivity index (χ0) is 14.2. The topological polar surface area (TPSA) is 0 Å². The summed E-state index contributed by atoms with van der Waals surface area (Å²) in [7, 11) is 0.